The first-order valence-electron chi connectivity index (χ1n) is 8.74. The number of benzene rings is 2. The molecule has 0 radical (unpaired) electrons. The molecule has 1 N–H and O–H groups in total. The average Bonchev–Trinajstić information content (AvgIpc) is 2.68. The van der Waals surface area contributed by atoms with Gasteiger partial charge in [0.1, 0.15) is 0 Å². The monoisotopic (exact) mass is 347 g/mol. The number of rotatable bonds is 3. The van der Waals surface area contributed by atoms with Gasteiger partial charge in [0.2, 0.25) is 5.91 Å². The Balaban J connectivity index is 1.56. The molecule has 0 saturated carbocycles. The van der Waals surface area contributed by atoms with Crippen LogP contribution in [0, 0.1) is 24.2 Å². The van der Waals surface area contributed by atoms with Crippen molar-refractivity contribution in [3.8, 4) is 6.07 Å². The predicted molar refractivity (Wildman–Crippen MR) is 99.6 cm³/mol. The minimum atomic E-state index is -0.105. The molecular weight excluding hydrogens is 326 g/mol. The minimum absolute atomic E-state index is 0.0299. The maximum atomic E-state index is 12.6. The third-order valence-corrected chi connectivity index (χ3v) is 4.81. The van der Waals surface area contributed by atoms with E-state index in [1.54, 1.807) is 24.3 Å². The Hall–Kier alpha value is -3.13. The number of likely N-dealkylation sites (tertiary alicyclic amines) is 1. The zero-order valence-electron chi connectivity index (χ0n) is 14.7. The van der Waals surface area contributed by atoms with Gasteiger partial charge < -0.3 is 10.2 Å². The van der Waals surface area contributed by atoms with Crippen LogP contribution in [0.25, 0.3) is 0 Å². The predicted octanol–water partition coefficient (Wildman–Crippen LogP) is 3.36. The van der Waals surface area contributed by atoms with Crippen molar-refractivity contribution in [3.05, 3.63) is 65.2 Å². The molecule has 26 heavy (non-hydrogen) atoms. The van der Waals surface area contributed by atoms with Crippen LogP contribution in [0.1, 0.15) is 34.3 Å². The molecule has 0 aromatic heterocycles. The number of amides is 2. The lowest BCUT2D eigenvalue weighted by molar-refractivity contribution is -0.121. The number of hydrogen-bond acceptors (Lipinski definition) is 3. The Kier molecular flexibility index (Phi) is 5.33. The number of anilines is 1. The number of piperidine rings is 1. The van der Waals surface area contributed by atoms with Crippen molar-refractivity contribution < 1.29 is 9.59 Å². The number of nitriles is 1. The molecular formula is C21H21N3O2. The van der Waals surface area contributed by atoms with Gasteiger partial charge in [-0.1, -0.05) is 18.2 Å². The fourth-order valence-electron chi connectivity index (χ4n) is 3.20. The molecule has 0 atom stereocenters. The van der Waals surface area contributed by atoms with Crippen LogP contribution in [0.15, 0.2) is 48.5 Å². The van der Waals surface area contributed by atoms with Gasteiger partial charge in [-0.15, -0.1) is 0 Å². The molecule has 2 aromatic rings. The summed E-state index contributed by atoms with van der Waals surface area (Å²) in [6.45, 7) is 3.10. The number of nitrogens with zero attached hydrogens (tertiary/aromatic N) is 2. The van der Waals surface area contributed by atoms with Crippen LogP contribution in [-0.2, 0) is 4.79 Å². The highest BCUT2D eigenvalue weighted by Gasteiger charge is 2.28. The molecule has 1 heterocycles. The number of hydrogen-bond donors (Lipinski definition) is 1. The minimum Gasteiger partial charge on any atom is -0.339 e. The Morgan fingerprint density at radius 3 is 2.35 bits per heavy atom. The highest BCUT2D eigenvalue weighted by atomic mass is 16.2. The van der Waals surface area contributed by atoms with E-state index >= 15 is 0 Å². The molecule has 132 valence electrons. The van der Waals surface area contributed by atoms with Crippen LogP contribution < -0.4 is 5.32 Å². The molecule has 0 bridgehead atoms. The summed E-state index contributed by atoms with van der Waals surface area (Å²) in [6, 6.07) is 16.5. The van der Waals surface area contributed by atoms with E-state index < -0.39 is 0 Å². The van der Waals surface area contributed by atoms with E-state index in [0.717, 1.165) is 11.1 Å². The smallest absolute Gasteiger partial charge is 0.254 e. The summed E-state index contributed by atoms with van der Waals surface area (Å²) < 4.78 is 0. The van der Waals surface area contributed by atoms with Crippen LogP contribution in [-0.4, -0.2) is 29.8 Å². The third-order valence-electron chi connectivity index (χ3n) is 4.81. The fraction of sp³-hybridized carbons (Fsp3) is 0.286. The second kappa shape index (κ2) is 7.83. The van der Waals surface area contributed by atoms with Crippen LogP contribution >= 0.6 is 0 Å². The van der Waals surface area contributed by atoms with Gasteiger partial charge in [-0.05, 0) is 55.7 Å². The zero-order valence-corrected chi connectivity index (χ0v) is 14.7. The molecule has 1 aliphatic rings. The highest BCUT2D eigenvalue weighted by Crippen LogP contribution is 2.22. The summed E-state index contributed by atoms with van der Waals surface area (Å²) in [5.74, 6) is -0.0988. The molecule has 3 rings (SSSR count). The Labute approximate surface area is 153 Å². The summed E-state index contributed by atoms with van der Waals surface area (Å²) in [4.78, 5) is 26.9. The molecule has 2 aromatic carbocycles. The topological polar surface area (TPSA) is 73.2 Å². The van der Waals surface area contributed by atoms with Crippen molar-refractivity contribution in [3.63, 3.8) is 0 Å². The van der Waals surface area contributed by atoms with Crippen molar-refractivity contribution in [2.24, 2.45) is 5.92 Å². The molecule has 2 amide bonds. The molecule has 1 fully saturated rings. The Morgan fingerprint density at radius 1 is 1.08 bits per heavy atom. The van der Waals surface area contributed by atoms with Gasteiger partial charge in [0.25, 0.3) is 5.91 Å². The van der Waals surface area contributed by atoms with Crippen LogP contribution in [0.5, 0.6) is 0 Å². The molecule has 0 aliphatic carbocycles. The number of carbonyl (C=O) groups is 2. The van der Waals surface area contributed by atoms with Gasteiger partial charge in [0.15, 0.2) is 0 Å². The summed E-state index contributed by atoms with van der Waals surface area (Å²) in [7, 11) is 0. The van der Waals surface area contributed by atoms with Gasteiger partial charge in [-0.3, -0.25) is 9.59 Å². The second-order valence-corrected chi connectivity index (χ2v) is 6.56. The van der Waals surface area contributed by atoms with Crippen LogP contribution in [0.4, 0.5) is 5.69 Å². The lowest BCUT2D eigenvalue weighted by Crippen LogP contribution is -2.41. The van der Waals surface area contributed by atoms with E-state index in [9.17, 15) is 9.59 Å². The first-order chi connectivity index (χ1) is 12.6. The van der Waals surface area contributed by atoms with Crippen molar-refractivity contribution in [1.29, 1.82) is 5.26 Å². The maximum absolute atomic E-state index is 12.6. The standard InChI is InChI=1S/C21H21N3O2/c1-15-4-2-3-5-19(15)21(26)24-12-10-17(11-13-24)20(25)23-18-8-6-16(14-22)7-9-18/h2-9,17H,10-13H2,1H3,(H,23,25). The van der Waals surface area contributed by atoms with E-state index in [2.05, 4.69) is 11.4 Å². The molecule has 1 saturated heterocycles. The second-order valence-electron chi connectivity index (χ2n) is 6.56. The zero-order chi connectivity index (χ0) is 18.5. The number of carbonyl (C=O) groups excluding carboxylic acids is 2. The van der Waals surface area contributed by atoms with Gasteiger partial charge in [0, 0.05) is 30.3 Å². The van der Waals surface area contributed by atoms with E-state index in [1.165, 1.54) is 0 Å². The molecule has 0 spiro atoms. The normalized spacial score (nSPS) is 14.5. The summed E-state index contributed by atoms with van der Waals surface area (Å²) >= 11 is 0. The maximum Gasteiger partial charge on any atom is 0.254 e. The molecule has 5 nitrogen and oxygen atoms in total. The first-order valence-corrected chi connectivity index (χ1v) is 8.74. The van der Waals surface area contributed by atoms with E-state index in [4.69, 9.17) is 5.26 Å². The van der Waals surface area contributed by atoms with Gasteiger partial charge >= 0.3 is 0 Å². The largest absolute Gasteiger partial charge is 0.339 e. The molecule has 5 heteroatoms. The summed E-state index contributed by atoms with van der Waals surface area (Å²) in [6.07, 6.45) is 1.31. The lowest BCUT2D eigenvalue weighted by atomic mass is 9.95. The quantitative estimate of drug-likeness (QED) is 0.925. The highest BCUT2D eigenvalue weighted by molar-refractivity contribution is 5.96. The van der Waals surface area contributed by atoms with Crippen molar-refractivity contribution in [1.82, 2.24) is 4.90 Å². The number of nitrogens with one attached hydrogen (secondary N) is 1. The molecule has 0 unspecified atom stereocenters. The summed E-state index contributed by atoms with van der Waals surface area (Å²) in [5, 5.41) is 11.7. The first kappa shape index (κ1) is 17.7. The van der Waals surface area contributed by atoms with E-state index in [1.807, 2.05) is 36.1 Å². The van der Waals surface area contributed by atoms with Crippen LogP contribution in [0.2, 0.25) is 0 Å². The SMILES string of the molecule is Cc1ccccc1C(=O)N1CCC(C(=O)Nc2ccc(C#N)cc2)CC1. The Bertz CT molecular complexity index is 844. The van der Waals surface area contributed by atoms with Gasteiger partial charge in [-0.2, -0.15) is 5.26 Å². The Morgan fingerprint density at radius 2 is 1.73 bits per heavy atom. The summed E-state index contributed by atoms with van der Waals surface area (Å²) in [5.41, 5.74) is 2.95. The third kappa shape index (κ3) is 3.92. The van der Waals surface area contributed by atoms with Crippen LogP contribution in [0.3, 0.4) is 0 Å². The molecule has 1 aliphatic heterocycles. The van der Waals surface area contributed by atoms with Crippen molar-refractivity contribution in [2.45, 2.75) is 19.8 Å². The lowest BCUT2D eigenvalue weighted by Gasteiger charge is -2.31. The number of aryl methyl sites for hydroxylation is 1. The van der Waals surface area contributed by atoms with E-state index in [0.29, 0.717) is 37.2 Å². The van der Waals surface area contributed by atoms with Gasteiger partial charge in [0.05, 0.1) is 11.6 Å². The average molecular weight is 347 g/mol. The van der Waals surface area contributed by atoms with Crippen molar-refractivity contribution >= 4 is 17.5 Å². The van der Waals surface area contributed by atoms with Crippen molar-refractivity contribution in [2.75, 3.05) is 18.4 Å². The fourth-order valence-corrected chi connectivity index (χ4v) is 3.20. The van der Waals surface area contributed by atoms with Gasteiger partial charge in [-0.25, -0.2) is 0 Å². The van der Waals surface area contributed by atoms with E-state index in [-0.39, 0.29) is 17.7 Å².